The van der Waals surface area contributed by atoms with Gasteiger partial charge in [0.1, 0.15) is 6.29 Å². The first-order valence-electron chi connectivity index (χ1n) is 4.19. The van der Waals surface area contributed by atoms with Crippen LogP contribution in [-0.4, -0.2) is 24.8 Å². The normalized spacial score (nSPS) is 12.2. The molecular weight excluding hydrogens is 156 g/mol. The summed E-state index contributed by atoms with van der Waals surface area (Å²) in [5.74, 6) is -0.240. The molecule has 0 aromatic heterocycles. The molecule has 0 fully saturated rings. The number of nitrogens with one attached hydrogen (secondary N) is 1. The van der Waals surface area contributed by atoms with Crippen molar-refractivity contribution in [1.29, 1.82) is 0 Å². The number of carbonyl (C=O) groups excluding carboxylic acids is 2. The van der Waals surface area contributed by atoms with E-state index in [1.807, 2.05) is 6.92 Å². The summed E-state index contributed by atoms with van der Waals surface area (Å²) < 4.78 is 0. The van der Waals surface area contributed by atoms with Gasteiger partial charge in [-0.25, -0.2) is 0 Å². The molecule has 0 aromatic carbocycles. The van der Waals surface area contributed by atoms with E-state index in [1.165, 1.54) is 0 Å². The number of carbonyl (C=O) groups is 2. The molecule has 0 aliphatic carbocycles. The van der Waals surface area contributed by atoms with Gasteiger partial charge in [0, 0.05) is 0 Å². The van der Waals surface area contributed by atoms with Crippen LogP contribution in [-0.2, 0) is 9.59 Å². The average Bonchev–Trinajstić information content (AvgIpc) is 2.10. The van der Waals surface area contributed by atoms with Gasteiger partial charge in [0.05, 0.1) is 12.6 Å². The Balaban J connectivity index is 3.53. The summed E-state index contributed by atoms with van der Waals surface area (Å²) in [5, 5.41) is 2.41. The fourth-order valence-electron chi connectivity index (χ4n) is 0.828. The van der Waals surface area contributed by atoms with Gasteiger partial charge < -0.3 is 15.8 Å². The molecule has 0 spiro atoms. The average molecular weight is 172 g/mol. The zero-order chi connectivity index (χ0) is 9.40. The van der Waals surface area contributed by atoms with Gasteiger partial charge >= 0.3 is 0 Å². The molecule has 4 heteroatoms. The molecule has 1 amide bonds. The first-order chi connectivity index (χ1) is 5.72. The zero-order valence-electron chi connectivity index (χ0n) is 7.38. The van der Waals surface area contributed by atoms with Gasteiger partial charge in [-0.2, -0.15) is 0 Å². The van der Waals surface area contributed by atoms with Crippen molar-refractivity contribution in [2.75, 3.05) is 6.54 Å². The molecule has 0 bridgehead atoms. The van der Waals surface area contributed by atoms with E-state index in [4.69, 9.17) is 5.73 Å². The van der Waals surface area contributed by atoms with Crippen LogP contribution in [0.4, 0.5) is 0 Å². The number of aldehydes is 1. The van der Waals surface area contributed by atoms with Crippen molar-refractivity contribution in [3.8, 4) is 0 Å². The van der Waals surface area contributed by atoms with Crippen molar-refractivity contribution in [2.45, 2.75) is 32.2 Å². The van der Waals surface area contributed by atoms with Gasteiger partial charge in [0.15, 0.2) is 0 Å². The monoisotopic (exact) mass is 172 g/mol. The lowest BCUT2D eigenvalue weighted by Gasteiger charge is -2.09. The molecule has 0 saturated carbocycles. The molecule has 1 atom stereocenters. The van der Waals surface area contributed by atoms with Crippen LogP contribution in [0.1, 0.15) is 26.2 Å². The molecule has 0 aliphatic rings. The van der Waals surface area contributed by atoms with Crippen LogP contribution in [0.15, 0.2) is 0 Å². The van der Waals surface area contributed by atoms with Crippen LogP contribution in [0.5, 0.6) is 0 Å². The molecular formula is C8H16N2O2. The molecule has 0 heterocycles. The number of nitrogens with two attached hydrogens (primary N) is 1. The second-order valence-electron chi connectivity index (χ2n) is 2.66. The molecule has 0 radical (unpaired) electrons. The number of rotatable bonds is 6. The highest BCUT2D eigenvalue weighted by Gasteiger charge is 2.10. The van der Waals surface area contributed by atoms with Crippen LogP contribution in [0.2, 0.25) is 0 Å². The largest absolute Gasteiger partial charge is 0.348 e. The molecule has 0 aromatic rings. The third-order valence-corrected chi connectivity index (χ3v) is 1.57. The maximum Gasteiger partial charge on any atom is 0.237 e. The predicted octanol–water partition coefficient (Wildman–Crippen LogP) is -0.181. The second kappa shape index (κ2) is 6.79. The van der Waals surface area contributed by atoms with Crippen LogP contribution < -0.4 is 11.1 Å². The van der Waals surface area contributed by atoms with E-state index in [0.29, 0.717) is 12.7 Å². The van der Waals surface area contributed by atoms with Crippen molar-refractivity contribution in [3.05, 3.63) is 0 Å². The maximum atomic E-state index is 11.0. The van der Waals surface area contributed by atoms with Crippen LogP contribution in [0.3, 0.4) is 0 Å². The molecule has 70 valence electrons. The number of unbranched alkanes of at least 4 members (excludes halogenated alkanes) is 1. The van der Waals surface area contributed by atoms with Crippen molar-refractivity contribution < 1.29 is 9.59 Å². The van der Waals surface area contributed by atoms with Gasteiger partial charge in [-0.1, -0.05) is 19.8 Å². The predicted molar refractivity (Wildman–Crippen MR) is 46.6 cm³/mol. The van der Waals surface area contributed by atoms with E-state index < -0.39 is 6.04 Å². The first-order valence-corrected chi connectivity index (χ1v) is 4.19. The van der Waals surface area contributed by atoms with Gasteiger partial charge in [-0.15, -0.1) is 0 Å². The van der Waals surface area contributed by atoms with E-state index in [9.17, 15) is 9.59 Å². The van der Waals surface area contributed by atoms with E-state index in [0.717, 1.165) is 12.8 Å². The van der Waals surface area contributed by atoms with E-state index in [1.54, 1.807) is 0 Å². The minimum absolute atomic E-state index is 0.0542. The number of hydrogen-bond acceptors (Lipinski definition) is 3. The lowest BCUT2D eigenvalue weighted by Crippen LogP contribution is -2.41. The summed E-state index contributed by atoms with van der Waals surface area (Å²) >= 11 is 0. The van der Waals surface area contributed by atoms with Gasteiger partial charge in [0.25, 0.3) is 0 Å². The standard InChI is InChI=1S/C8H16N2O2/c1-2-3-4-7(9)8(12)10-5-6-11/h6-7H,2-5,9H2,1H3,(H,10,12)/t7-/m0/s1. The lowest BCUT2D eigenvalue weighted by molar-refractivity contribution is -0.123. The fraction of sp³-hybridized carbons (Fsp3) is 0.750. The summed E-state index contributed by atoms with van der Waals surface area (Å²) in [6, 6.07) is -0.468. The van der Waals surface area contributed by atoms with E-state index >= 15 is 0 Å². The quantitative estimate of drug-likeness (QED) is 0.546. The van der Waals surface area contributed by atoms with Crippen LogP contribution in [0, 0.1) is 0 Å². The lowest BCUT2D eigenvalue weighted by atomic mass is 10.1. The van der Waals surface area contributed by atoms with Crippen molar-refractivity contribution in [3.63, 3.8) is 0 Å². The van der Waals surface area contributed by atoms with Gasteiger partial charge in [-0.05, 0) is 6.42 Å². The van der Waals surface area contributed by atoms with Crippen LogP contribution in [0.25, 0.3) is 0 Å². The molecule has 0 unspecified atom stereocenters. The molecule has 12 heavy (non-hydrogen) atoms. The molecule has 0 saturated heterocycles. The Hall–Kier alpha value is -0.900. The van der Waals surface area contributed by atoms with E-state index in [2.05, 4.69) is 5.32 Å². The van der Waals surface area contributed by atoms with E-state index in [-0.39, 0.29) is 12.5 Å². The SMILES string of the molecule is CCCC[C@H](N)C(=O)NCC=O. The highest BCUT2D eigenvalue weighted by molar-refractivity contribution is 5.83. The van der Waals surface area contributed by atoms with Gasteiger partial charge in [0.2, 0.25) is 5.91 Å². The third-order valence-electron chi connectivity index (χ3n) is 1.57. The van der Waals surface area contributed by atoms with Crippen LogP contribution >= 0.6 is 0 Å². The van der Waals surface area contributed by atoms with Crippen molar-refractivity contribution >= 4 is 12.2 Å². The van der Waals surface area contributed by atoms with Crippen molar-refractivity contribution in [2.24, 2.45) is 5.73 Å². The minimum atomic E-state index is -0.468. The summed E-state index contributed by atoms with van der Waals surface area (Å²) in [5.41, 5.74) is 5.52. The zero-order valence-corrected chi connectivity index (χ0v) is 7.38. The minimum Gasteiger partial charge on any atom is -0.348 e. The summed E-state index contributed by atoms with van der Waals surface area (Å²) in [7, 11) is 0. The third kappa shape index (κ3) is 4.85. The highest BCUT2D eigenvalue weighted by Crippen LogP contribution is 1.97. The molecule has 0 rings (SSSR count). The number of hydrogen-bond donors (Lipinski definition) is 2. The first kappa shape index (κ1) is 11.1. The molecule has 3 N–H and O–H groups in total. The summed E-state index contributed by atoms with van der Waals surface area (Å²) in [6.45, 7) is 2.09. The Morgan fingerprint density at radius 1 is 1.67 bits per heavy atom. The fourth-order valence-corrected chi connectivity index (χ4v) is 0.828. The Labute approximate surface area is 72.5 Å². The summed E-state index contributed by atoms with van der Waals surface area (Å²) in [6.07, 6.45) is 3.29. The Morgan fingerprint density at radius 2 is 2.33 bits per heavy atom. The topological polar surface area (TPSA) is 72.2 Å². The molecule has 0 aliphatic heterocycles. The molecule has 4 nitrogen and oxygen atoms in total. The Bertz CT molecular complexity index is 148. The van der Waals surface area contributed by atoms with Gasteiger partial charge in [-0.3, -0.25) is 4.79 Å². The summed E-state index contributed by atoms with van der Waals surface area (Å²) in [4.78, 5) is 20.9. The Kier molecular flexibility index (Phi) is 6.28. The maximum absolute atomic E-state index is 11.0. The number of amides is 1. The Morgan fingerprint density at radius 3 is 2.83 bits per heavy atom. The highest BCUT2D eigenvalue weighted by atomic mass is 16.2. The second-order valence-corrected chi connectivity index (χ2v) is 2.66. The smallest absolute Gasteiger partial charge is 0.237 e. The van der Waals surface area contributed by atoms with Crippen molar-refractivity contribution in [1.82, 2.24) is 5.32 Å².